The summed E-state index contributed by atoms with van der Waals surface area (Å²) in [6.07, 6.45) is 0.537. The van der Waals surface area contributed by atoms with Crippen molar-refractivity contribution in [3.8, 4) is 5.69 Å². The lowest BCUT2D eigenvalue weighted by molar-refractivity contribution is -0.143. The van der Waals surface area contributed by atoms with E-state index in [1.54, 1.807) is 24.0 Å². The summed E-state index contributed by atoms with van der Waals surface area (Å²) in [6, 6.07) is 4.64. The molecule has 3 aromatic rings. The molecule has 3 atom stereocenters. The molecule has 196 valence electrons. The molecule has 16 heteroatoms. The van der Waals surface area contributed by atoms with Gasteiger partial charge in [-0.25, -0.2) is 28.0 Å². The van der Waals surface area contributed by atoms with Crippen molar-refractivity contribution in [2.24, 2.45) is 5.14 Å². The fourth-order valence-corrected chi connectivity index (χ4v) is 4.71. The summed E-state index contributed by atoms with van der Waals surface area (Å²) in [6.45, 7) is 1.58. The van der Waals surface area contributed by atoms with Gasteiger partial charge >= 0.3 is 5.97 Å². The molecule has 1 aliphatic rings. The zero-order valence-electron chi connectivity index (χ0n) is 19.4. The van der Waals surface area contributed by atoms with Gasteiger partial charge in [0.15, 0.2) is 6.10 Å². The number of hydrogen-bond donors (Lipinski definition) is 4. The number of carbonyl (C=O) groups is 3. The van der Waals surface area contributed by atoms with Crippen LogP contribution in [0.1, 0.15) is 24.7 Å². The molecule has 14 nitrogen and oxygen atoms in total. The number of aromatic nitrogens is 4. The minimum Gasteiger partial charge on any atom is -0.479 e. The molecular weight excluding hydrogens is 526 g/mol. The van der Waals surface area contributed by atoms with E-state index in [0.29, 0.717) is 17.1 Å². The number of amides is 2. The zero-order chi connectivity index (χ0) is 26.8. The number of carbonyl (C=O) groups excluding carboxylic acids is 2. The summed E-state index contributed by atoms with van der Waals surface area (Å²) in [7, 11) is -3.83. The Morgan fingerprint density at radius 2 is 2.00 bits per heavy atom. The highest BCUT2D eigenvalue weighted by Gasteiger charge is 2.65. The second-order valence-electron chi connectivity index (χ2n) is 8.20. The van der Waals surface area contributed by atoms with Gasteiger partial charge < -0.3 is 20.5 Å². The largest absolute Gasteiger partial charge is 0.479 e. The van der Waals surface area contributed by atoms with Crippen molar-refractivity contribution in [1.29, 1.82) is 0 Å². The van der Waals surface area contributed by atoms with Gasteiger partial charge in [-0.3, -0.25) is 9.59 Å². The Hall–Kier alpha value is -3.73. The van der Waals surface area contributed by atoms with Crippen LogP contribution >= 0.6 is 11.3 Å². The van der Waals surface area contributed by atoms with Crippen LogP contribution in [0.4, 0.5) is 0 Å². The number of benzene rings is 1. The molecular formula is C21H23N7O7S2. The quantitative estimate of drug-likeness (QED) is 0.222. The van der Waals surface area contributed by atoms with E-state index in [4.69, 9.17) is 9.88 Å². The lowest BCUT2D eigenvalue weighted by Gasteiger charge is -2.17. The minimum atomic E-state index is -3.83. The molecule has 0 radical (unpaired) electrons. The monoisotopic (exact) mass is 549 g/mol. The number of ether oxygens (including phenoxy) is 1. The highest BCUT2D eigenvalue weighted by molar-refractivity contribution is 7.89. The molecule has 1 saturated heterocycles. The van der Waals surface area contributed by atoms with Crippen LogP contribution in [-0.2, 0) is 42.1 Å². The van der Waals surface area contributed by atoms with E-state index in [2.05, 4.69) is 25.9 Å². The first-order valence-corrected chi connectivity index (χ1v) is 13.4. The van der Waals surface area contributed by atoms with Crippen molar-refractivity contribution >= 4 is 39.1 Å². The van der Waals surface area contributed by atoms with Crippen molar-refractivity contribution < 1.29 is 32.6 Å². The number of rotatable bonds is 11. The van der Waals surface area contributed by atoms with E-state index in [1.165, 1.54) is 40.3 Å². The molecule has 1 aromatic carbocycles. The van der Waals surface area contributed by atoms with Crippen molar-refractivity contribution in [2.45, 2.75) is 49.0 Å². The molecule has 2 unspecified atom stereocenters. The Balaban J connectivity index is 1.41. The van der Waals surface area contributed by atoms with Crippen LogP contribution in [0, 0.1) is 0 Å². The third-order valence-corrected chi connectivity index (χ3v) is 7.33. The van der Waals surface area contributed by atoms with Crippen molar-refractivity contribution in [3.63, 3.8) is 0 Å². The molecule has 0 saturated carbocycles. The molecule has 1 aliphatic heterocycles. The maximum Gasteiger partial charge on any atom is 0.339 e. The summed E-state index contributed by atoms with van der Waals surface area (Å²) in [4.78, 5) is 41.2. The van der Waals surface area contributed by atoms with E-state index in [9.17, 15) is 27.9 Å². The first-order chi connectivity index (χ1) is 17.5. The van der Waals surface area contributed by atoms with E-state index < -0.39 is 45.6 Å². The van der Waals surface area contributed by atoms with Crippen LogP contribution in [0.5, 0.6) is 0 Å². The van der Waals surface area contributed by atoms with Gasteiger partial charge in [-0.2, -0.15) is 0 Å². The Morgan fingerprint density at radius 3 is 2.57 bits per heavy atom. The fourth-order valence-electron chi connectivity index (χ4n) is 3.62. The lowest BCUT2D eigenvalue weighted by atomic mass is 10.0. The number of hydrogen-bond acceptors (Lipinski definition) is 10. The summed E-state index contributed by atoms with van der Waals surface area (Å²) in [5.74, 6) is -2.47. The van der Waals surface area contributed by atoms with Crippen molar-refractivity contribution in [2.75, 3.05) is 0 Å². The number of carboxylic acid groups (broad SMARTS) is 1. The average molecular weight is 550 g/mol. The number of carboxylic acids is 1. The molecule has 4 rings (SSSR count). The SMILES string of the molecule is CCC1(C(=O)O)OC1C(=O)N[C@@H](Cc1cscn1)C(=O)NCc1cn(-c2ccc(S(N)(=O)=O)cc2)nn1. The van der Waals surface area contributed by atoms with Crippen LogP contribution in [0.2, 0.25) is 0 Å². The first kappa shape index (κ1) is 26.3. The maximum absolute atomic E-state index is 13.0. The Labute approximate surface area is 214 Å². The summed E-state index contributed by atoms with van der Waals surface area (Å²) in [5.41, 5.74) is 1.50. The van der Waals surface area contributed by atoms with Crippen LogP contribution in [0.15, 0.2) is 46.2 Å². The molecule has 37 heavy (non-hydrogen) atoms. The minimum absolute atomic E-state index is 0.0223. The van der Waals surface area contributed by atoms with E-state index in [0.717, 1.165) is 0 Å². The highest BCUT2D eigenvalue weighted by atomic mass is 32.2. The Morgan fingerprint density at radius 1 is 1.27 bits per heavy atom. The Kier molecular flexibility index (Phi) is 7.35. The van der Waals surface area contributed by atoms with Crippen molar-refractivity contribution in [3.05, 3.63) is 52.7 Å². The van der Waals surface area contributed by atoms with Crippen LogP contribution in [-0.4, -0.2) is 69.0 Å². The van der Waals surface area contributed by atoms with Gasteiger partial charge in [0.1, 0.15) is 11.7 Å². The lowest BCUT2D eigenvalue weighted by Crippen LogP contribution is -2.50. The first-order valence-electron chi connectivity index (χ1n) is 10.9. The molecule has 3 heterocycles. The second kappa shape index (κ2) is 10.3. The van der Waals surface area contributed by atoms with Gasteiger partial charge in [-0.05, 0) is 30.7 Å². The molecule has 1 fully saturated rings. The van der Waals surface area contributed by atoms with Gasteiger partial charge in [0.05, 0.1) is 34.5 Å². The van der Waals surface area contributed by atoms with Crippen molar-refractivity contribution in [1.82, 2.24) is 30.6 Å². The molecule has 2 amide bonds. The number of thiazole rings is 1. The predicted molar refractivity (Wildman–Crippen MR) is 128 cm³/mol. The molecule has 5 N–H and O–H groups in total. The van der Waals surface area contributed by atoms with E-state index >= 15 is 0 Å². The third kappa shape index (κ3) is 5.82. The summed E-state index contributed by atoms with van der Waals surface area (Å²) in [5, 5.41) is 29.4. The van der Waals surface area contributed by atoms with Crippen LogP contribution < -0.4 is 15.8 Å². The van der Waals surface area contributed by atoms with Crippen LogP contribution in [0.3, 0.4) is 0 Å². The van der Waals surface area contributed by atoms with Gasteiger partial charge in [0.25, 0.3) is 5.91 Å². The maximum atomic E-state index is 13.0. The Bertz CT molecular complexity index is 1410. The van der Waals surface area contributed by atoms with Gasteiger partial charge in [-0.15, -0.1) is 16.4 Å². The number of nitrogens with one attached hydrogen (secondary N) is 2. The number of aliphatic carboxylic acids is 1. The van der Waals surface area contributed by atoms with Gasteiger partial charge in [0, 0.05) is 11.8 Å². The molecule has 0 spiro atoms. The smallest absolute Gasteiger partial charge is 0.339 e. The third-order valence-electron chi connectivity index (χ3n) is 5.76. The number of sulfonamides is 1. The van der Waals surface area contributed by atoms with Gasteiger partial charge in [0.2, 0.25) is 21.5 Å². The highest BCUT2D eigenvalue weighted by Crippen LogP contribution is 2.40. The van der Waals surface area contributed by atoms with Gasteiger partial charge in [-0.1, -0.05) is 12.1 Å². The fraction of sp³-hybridized carbons (Fsp3) is 0.333. The standard InChI is InChI=1S/C21H23N7O7S2/c1-2-21(20(31)32)17(35-21)19(30)25-16(7-12-10-36-11-24-12)18(29)23-8-13-9-28(27-26-13)14-3-5-15(6-4-14)37(22,33)34/h3-6,9-11,16-17H,2,7-8H2,1H3,(H,23,29)(H,25,30)(H,31,32)(H2,22,33,34)/t16-,17?,21?/m0/s1. The second-order valence-corrected chi connectivity index (χ2v) is 10.5. The van der Waals surface area contributed by atoms with E-state index in [-0.39, 0.29) is 24.3 Å². The van der Waals surface area contributed by atoms with Crippen LogP contribution in [0.25, 0.3) is 5.69 Å². The summed E-state index contributed by atoms with van der Waals surface area (Å²) >= 11 is 1.33. The molecule has 0 bridgehead atoms. The number of nitrogens with zero attached hydrogens (tertiary/aromatic N) is 4. The summed E-state index contributed by atoms with van der Waals surface area (Å²) < 4.78 is 29.4. The predicted octanol–water partition coefficient (Wildman–Crippen LogP) is -0.653. The average Bonchev–Trinajstić information content (AvgIpc) is 3.15. The number of primary sulfonamides is 1. The number of epoxide rings is 1. The normalized spacial score (nSPS) is 19.7. The molecule has 0 aliphatic carbocycles. The number of nitrogens with two attached hydrogens (primary N) is 1. The topological polar surface area (TPSA) is 212 Å². The molecule has 2 aromatic heterocycles. The van der Waals surface area contributed by atoms with E-state index in [1.807, 2.05) is 0 Å². The zero-order valence-corrected chi connectivity index (χ0v) is 21.0.